The predicted octanol–water partition coefficient (Wildman–Crippen LogP) is 3.53. The van der Waals surface area contributed by atoms with Crippen LogP contribution < -0.4 is 4.74 Å². The van der Waals surface area contributed by atoms with Crippen molar-refractivity contribution in [3.8, 4) is 5.75 Å². The number of rotatable bonds is 3. The number of alkyl halides is 3. The highest BCUT2D eigenvalue weighted by Crippen LogP contribution is 2.34. The van der Waals surface area contributed by atoms with Gasteiger partial charge in [-0.25, -0.2) is 8.78 Å². The van der Waals surface area contributed by atoms with Crippen molar-refractivity contribution in [3.05, 3.63) is 21.0 Å². The summed E-state index contributed by atoms with van der Waals surface area (Å²) >= 11 is 5.04. The SMILES string of the molecule is COc1cnc(CBr)c(I)c1C(F)F. The highest BCUT2D eigenvalue weighted by Gasteiger charge is 2.20. The Kier molecular flexibility index (Phi) is 4.49. The van der Waals surface area contributed by atoms with E-state index >= 15 is 0 Å². The lowest BCUT2D eigenvalue weighted by atomic mass is 10.2. The zero-order valence-corrected chi connectivity index (χ0v) is 11.0. The van der Waals surface area contributed by atoms with Crippen LogP contribution in [0, 0.1) is 3.57 Å². The lowest BCUT2D eigenvalue weighted by Gasteiger charge is -2.11. The van der Waals surface area contributed by atoms with Gasteiger partial charge in [0.1, 0.15) is 5.75 Å². The molecule has 1 heterocycles. The predicted molar refractivity (Wildman–Crippen MR) is 61.1 cm³/mol. The van der Waals surface area contributed by atoms with E-state index in [1.165, 1.54) is 13.3 Å². The molecule has 6 heteroatoms. The van der Waals surface area contributed by atoms with E-state index < -0.39 is 6.43 Å². The third-order valence-corrected chi connectivity index (χ3v) is 3.39. The van der Waals surface area contributed by atoms with Gasteiger partial charge < -0.3 is 4.74 Å². The number of halogens is 4. The fraction of sp³-hybridized carbons (Fsp3) is 0.375. The number of hydrogen-bond acceptors (Lipinski definition) is 2. The summed E-state index contributed by atoms with van der Waals surface area (Å²) in [5.74, 6) is 0.133. The Balaban J connectivity index is 3.31. The van der Waals surface area contributed by atoms with Crippen molar-refractivity contribution in [1.82, 2.24) is 4.98 Å². The molecule has 0 aliphatic rings. The molecule has 14 heavy (non-hydrogen) atoms. The Hall–Kier alpha value is 0.0200. The number of aromatic nitrogens is 1. The van der Waals surface area contributed by atoms with Crippen molar-refractivity contribution in [3.63, 3.8) is 0 Å². The third kappa shape index (κ3) is 2.33. The molecule has 0 unspecified atom stereocenters. The minimum absolute atomic E-state index is 0.0856. The minimum Gasteiger partial charge on any atom is -0.495 e. The molecule has 0 aliphatic carbocycles. The molecule has 0 saturated heterocycles. The summed E-state index contributed by atoms with van der Waals surface area (Å²) in [6.07, 6.45) is -1.22. The Labute approximate surface area is 102 Å². The fourth-order valence-electron chi connectivity index (χ4n) is 0.986. The van der Waals surface area contributed by atoms with Gasteiger partial charge in [-0.05, 0) is 22.6 Å². The number of methoxy groups -OCH3 is 1. The second kappa shape index (κ2) is 5.20. The summed E-state index contributed by atoms with van der Waals surface area (Å²) < 4.78 is 30.6. The van der Waals surface area contributed by atoms with Crippen LogP contribution in [0.25, 0.3) is 0 Å². The average Bonchev–Trinajstić information content (AvgIpc) is 2.16. The van der Waals surface area contributed by atoms with Gasteiger partial charge in [0.05, 0.1) is 24.6 Å². The topological polar surface area (TPSA) is 22.1 Å². The summed E-state index contributed by atoms with van der Waals surface area (Å²) in [4.78, 5) is 4.00. The van der Waals surface area contributed by atoms with E-state index in [2.05, 4.69) is 20.9 Å². The molecular weight excluding hydrogens is 371 g/mol. The molecule has 0 N–H and O–H groups in total. The van der Waals surface area contributed by atoms with Crippen LogP contribution >= 0.6 is 38.5 Å². The van der Waals surface area contributed by atoms with Crippen molar-refractivity contribution in [2.75, 3.05) is 7.11 Å². The minimum atomic E-state index is -2.54. The molecule has 1 aromatic rings. The first-order valence-corrected chi connectivity index (χ1v) is 5.87. The second-order valence-electron chi connectivity index (χ2n) is 2.44. The largest absolute Gasteiger partial charge is 0.495 e. The Morgan fingerprint density at radius 2 is 2.29 bits per heavy atom. The third-order valence-electron chi connectivity index (χ3n) is 1.66. The van der Waals surface area contributed by atoms with E-state index in [9.17, 15) is 8.78 Å². The molecule has 1 aromatic heterocycles. The van der Waals surface area contributed by atoms with Crippen LogP contribution in [0.4, 0.5) is 8.78 Å². The van der Waals surface area contributed by atoms with Gasteiger partial charge in [0.2, 0.25) is 0 Å². The smallest absolute Gasteiger partial charge is 0.268 e. The van der Waals surface area contributed by atoms with Gasteiger partial charge in [0, 0.05) is 8.90 Å². The van der Waals surface area contributed by atoms with Gasteiger partial charge in [-0.3, -0.25) is 4.98 Å². The molecule has 0 spiro atoms. The number of ether oxygens (including phenoxy) is 1. The first-order valence-electron chi connectivity index (χ1n) is 3.67. The van der Waals surface area contributed by atoms with Crippen LogP contribution in [-0.2, 0) is 5.33 Å². The van der Waals surface area contributed by atoms with Crippen LogP contribution in [0.1, 0.15) is 17.7 Å². The Bertz CT molecular complexity index is 335. The van der Waals surface area contributed by atoms with Gasteiger partial charge in [-0.15, -0.1) is 0 Å². The van der Waals surface area contributed by atoms with Crippen LogP contribution in [0.5, 0.6) is 5.75 Å². The molecule has 0 aliphatic heterocycles. The molecule has 0 aromatic carbocycles. The van der Waals surface area contributed by atoms with Gasteiger partial charge in [-0.2, -0.15) is 0 Å². The Morgan fingerprint density at radius 1 is 1.64 bits per heavy atom. The van der Waals surface area contributed by atoms with Crippen molar-refractivity contribution < 1.29 is 13.5 Å². The van der Waals surface area contributed by atoms with Crippen molar-refractivity contribution in [2.45, 2.75) is 11.8 Å². The lowest BCUT2D eigenvalue weighted by molar-refractivity contribution is 0.145. The van der Waals surface area contributed by atoms with Crippen LogP contribution in [-0.4, -0.2) is 12.1 Å². The van der Waals surface area contributed by atoms with E-state index in [4.69, 9.17) is 4.74 Å². The van der Waals surface area contributed by atoms with Crippen molar-refractivity contribution >= 4 is 38.5 Å². The van der Waals surface area contributed by atoms with E-state index in [-0.39, 0.29) is 11.3 Å². The molecule has 0 atom stereocenters. The molecule has 0 fully saturated rings. The van der Waals surface area contributed by atoms with Crippen LogP contribution in [0.3, 0.4) is 0 Å². The number of nitrogens with zero attached hydrogens (tertiary/aromatic N) is 1. The monoisotopic (exact) mass is 377 g/mol. The van der Waals surface area contributed by atoms with Crippen LogP contribution in [0.2, 0.25) is 0 Å². The molecule has 0 bridgehead atoms. The first-order chi connectivity index (χ1) is 6.61. The quantitative estimate of drug-likeness (QED) is 0.594. The molecule has 0 radical (unpaired) electrons. The number of hydrogen-bond donors (Lipinski definition) is 0. The van der Waals surface area contributed by atoms with Gasteiger partial charge in [-0.1, -0.05) is 15.9 Å². The Morgan fingerprint density at radius 3 is 2.71 bits per heavy atom. The maximum atomic E-state index is 12.7. The maximum absolute atomic E-state index is 12.7. The van der Waals surface area contributed by atoms with E-state index in [1.54, 1.807) is 0 Å². The summed E-state index contributed by atoms with van der Waals surface area (Å²) in [7, 11) is 1.35. The second-order valence-corrected chi connectivity index (χ2v) is 4.07. The molecule has 2 nitrogen and oxygen atoms in total. The van der Waals surface area contributed by atoms with Gasteiger partial charge >= 0.3 is 0 Å². The normalized spacial score (nSPS) is 10.7. The van der Waals surface area contributed by atoms with Crippen molar-refractivity contribution in [2.24, 2.45) is 0 Å². The highest BCUT2D eigenvalue weighted by atomic mass is 127. The van der Waals surface area contributed by atoms with E-state index in [0.717, 1.165) is 0 Å². The van der Waals surface area contributed by atoms with E-state index in [1.807, 2.05) is 22.6 Å². The molecule has 0 amide bonds. The zero-order valence-electron chi connectivity index (χ0n) is 7.23. The zero-order chi connectivity index (χ0) is 10.7. The molecule has 0 saturated carbocycles. The summed E-state index contributed by atoms with van der Waals surface area (Å²) in [6.45, 7) is 0. The highest BCUT2D eigenvalue weighted by molar-refractivity contribution is 14.1. The average molecular weight is 378 g/mol. The van der Waals surface area contributed by atoms with Crippen molar-refractivity contribution in [1.29, 1.82) is 0 Å². The van der Waals surface area contributed by atoms with Gasteiger partial charge in [0.25, 0.3) is 6.43 Å². The first kappa shape index (κ1) is 12.1. The molecule has 78 valence electrons. The standard InChI is InChI=1S/C8H7BrF2INO/c1-14-5-3-13-4(2-9)7(12)6(5)8(10)11/h3,8H,2H2,1H3. The summed E-state index contributed by atoms with van der Waals surface area (Å²) in [5.41, 5.74) is 0.513. The van der Waals surface area contributed by atoms with E-state index in [0.29, 0.717) is 14.6 Å². The number of pyridine rings is 1. The summed E-state index contributed by atoms with van der Waals surface area (Å²) in [5, 5.41) is 0.453. The van der Waals surface area contributed by atoms with Gasteiger partial charge in [0.15, 0.2) is 0 Å². The fourth-order valence-corrected chi connectivity index (χ4v) is 2.77. The maximum Gasteiger partial charge on any atom is 0.268 e. The molecular formula is C8H7BrF2INO. The molecule has 1 rings (SSSR count). The van der Waals surface area contributed by atoms with Crippen LogP contribution in [0.15, 0.2) is 6.20 Å². The summed E-state index contributed by atoms with van der Waals surface area (Å²) in [6, 6.07) is 0. The lowest BCUT2D eigenvalue weighted by Crippen LogP contribution is -2.01.